The van der Waals surface area contributed by atoms with Crippen molar-refractivity contribution in [3.63, 3.8) is 0 Å². The highest BCUT2D eigenvalue weighted by molar-refractivity contribution is 6.31. The Bertz CT molecular complexity index is 223. The van der Waals surface area contributed by atoms with Gasteiger partial charge in [0.2, 0.25) is 0 Å². The number of hydrogen-bond acceptors (Lipinski definition) is 0. The lowest BCUT2D eigenvalue weighted by Crippen LogP contribution is -1.83. The minimum atomic E-state index is -2.51. The van der Waals surface area contributed by atoms with Gasteiger partial charge in [0.15, 0.2) is 0 Å². The van der Waals surface area contributed by atoms with Crippen LogP contribution in [0.4, 0.5) is 8.78 Å². The second-order valence-electron chi connectivity index (χ2n) is 1.75. The molecule has 0 fully saturated rings. The van der Waals surface area contributed by atoms with E-state index < -0.39 is 6.43 Å². The normalized spacial score (nSPS) is 10.4. The highest BCUT2D eigenvalue weighted by atomic mass is 35.5. The first-order valence-electron chi connectivity index (χ1n) is 2.65. The highest BCUT2D eigenvalue weighted by Crippen LogP contribution is 2.25. The van der Waals surface area contributed by atoms with Gasteiger partial charge in [-0.15, -0.1) is 0 Å². The zero-order valence-electron chi connectivity index (χ0n) is 4.94. The molecule has 3 heteroatoms. The fourth-order valence-electron chi connectivity index (χ4n) is 0.592. The van der Waals surface area contributed by atoms with Crippen LogP contribution in [0.5, 0.6) is 0 Å². The Balaban J connectivity index is 3.03. The van der Waals surface area contributed by atoms with E-state index in [2.05, 4.69) is 6.07 Å². The van der Waals surface area contributed by atoms with Crippen LogP contribution >= 0.6 is 11.6 Å². The topological polar surface area (TPSA) is 0 Å². The summed E-state index contributed by atoms with van der Waals surface area (Å²) in [5, 5.41) is 0.0914. The summed E-state index contributed by atoms with van der Waals surface area (Å²) in [6, 6.07) is 6.59. The Labute approximate surface area is 62.4 Å². The van der Waals surface area contributed by atoms with Gasteiger partial charge in [-0.1, -0.05) is 17.7 Å². The summed E-state index contributed by atoms with van der Waals surface area (Å²) < 4.78 is 23.8. The maximum absolute atomic E-state index is 11.9. The molecule has 0 aromatic heterocycles. The summed E-state index contributed by atoms with van der Waals surface area (Å²) in [6.07, 6.45) is -2.51. The first-order chi connectivity index (χ1) is 4.72. The molecular formula is C7H4ClF2. The number of benzene rings is 1. The largest absolute Gasteiger partial charge is 0.265 e. The van der Waals surface area contributed by atoms with Crippen molar-refractivity contribution < 1.29 is 8.78 Å². The van der Waals surface area contributed by atoms with E-state index in [1.807, 2.05) is 0 Å². The molecule has 1 radical (unpaired) electrons. The lowest BCUT2D eigenvalue weighted by atomic mass is 10.2. The minimum Gasteiger partial charge on any atom is -0.205 e. The zero-order chi connectivity index (χ0) is 7.56. The van der Waals surface area contributed by atoms with Gasteiger partial charge in [0.25, 0.3) is 6.43 Å². The molecular weight excluding hydrogens is 158 g/mol. The number of hydrogen-bond donors (Lipinski definition) is 0. The van der Waals surface area contributed by atoms with Crippen LogP contribution in [0, 0.1) is 6.07 Å². The lowest BCUT2D eigenvalue weighted by Gasteiger charge is -1.99. The van der Waals surface area contributed by atoms with Gasteiger partial charge in [0.1, 0.15) is 0 Å². The third-order valence-electron chi connectivity index (χ3n) is 1.08. The van der Waals surface area contributed by atoms with Crippen molar-refractivity contribution in [1.82, 2.24) is 0 Å². The van der Waals surface area contributed by atoms with Crippen molar-refractivity contribution in [2.75, 3.05) is 0 Å². The Morgan fingerprint density at radius 2 is 2.20 bits per heavy atom. The van der Waals surface area contributed by atoms with E-state index in [-0.39, 0.29) is 10.6 Å². The summed E-state index contributed by atoms with van der Waals surface area (Å²) in [4.78, 5) is 0. The molecule has 53 valence electrons. The Kier molecular flexibility index (Phi) is 2.22. The summed E-state index contributed by atoms with van der Waals surface area (Å²) in [5.74, 6) is 0. The predicted molar refractivity (Wildman–Crippen MR) is 35.2 cm³/mol. The van der Waals surface area contributed by atoms with E-state index >= 15 is 0 Å². The van der Waals surface area contributed by atoms with Gasteiger partial charge in [-0.3, -0.25) is 0 Å². The fraction of sp³-hybridized carbons (Fsp3) is 0.143. The number of rotatable bonds is 1. The molecule has 10 heavy (non-hydrogen) atoms. The number of halogens is 3. The standard InChI is InChI=1S/C7H4ClF2/c8-6-4-2-1-3-5(6)7(9)10/h2-4,7H. The molecule has 0 spiro atoms. The second-order valence-corrected chi connectivity index (χ2v) is 2.16. The zero-order valence-corrected chi connectivity index (χ0v) is 5.70. The smallest absolute Gasteiger partial charge is 0.205 e. The van der Waals surface area contributed by atoms with Gasteiger partial charge in [-0.05, 0) is 18.2 Å². The molecule has 0 atom stereocenters. The molecule has 1 rings (SSSR count). The van der Waals surface area contributed by atoms with Gasteiger partial charge < -0.3 is 0 Å². The third kappa shape index (κ3) is 1.45. The molecule has 0 aliphatic carbocycles. The average Bonchev–Trinajstić information content (AvgIpc) is 1.88. The Hall–Kier alpha value is -0.630. The highest BCUT2D eigenvalue weighted by Gasteiger charge is 2.09. The molecule has 0 amide bonds. The summed E-state index contributed by atoms with van der Waals surface area (Å²) in [5.41, 5.74) is -0.163. The maximum Gasteiger partial charge on any atom is 0.265 e. The van der Waals surface area contributed by atoms with Gasteiger partial charge in [-0.25, -0.2) is 8.78 Å². The van der Waals surface area contributed by atoms with Crippen molar-refractivity contribution in [2.45, 2.75) is 6.43 Å². The van der Waals surface area contributed by atoms with Gasteiger partial charge in [-0.2, -0.15) is 0 Å². The molecule has 0 bridgehead atoms. The molecule has 0 aliphatic heterocycles. The van der Waals surface area contributed by atoms with Crippen LogP contribution in [0.25, 0.3) is 0 Å². The fourth-order valence-corrected chi connectivity index (χ4v) is 0.792. The summed E-state index contributed by atoms with van der Waals surface area (Å²) in [7, 11) is 0. The third-order valence-corrected chi connectivity index (χ3v) is 1.42. The van der Waals surface area contributed by atoms with Gasteiger partial charge in [0, 0.05) is 10.6 Å². The molecule has 0 N–H and O–H groups in total. The lowest BCUT2D eigenvalue weighted by molar-refractivity contribution is 0.151. The number of alkyl halides is 2. The maximum atomic E-state index is 11.9. The van der Waals surface area contributed by atoms with Crippen LogP contribution in [-0.4, -0.2) is 0 Å². The van der Waals surface area contributed by atoms with Crippen molar-refractivity contribution >= 4 is 11.6 Å². The molecule has 0 nitrogen and oxygen atoms in total. The van der Waals surface area contributed by atoms with Crippen LogP contribution < -0.4 is 0 Å². The van der Waals surface area contributed by atoms with Crippen molar-refractivity contribution in [2.24, 2.45) is 0 Å². The minimum absolute atomic E-state index is 0.0914. The Morgan fingerprint density at radius 1 is 1.50 bits per heavy atom. The molecule has 0 unspecified atom stereocenters. The Morgan fingerprint density at radius 3 is 2.60 bits per heavy atom. The van der Waals surface area contributed by atoms with Crippen LogP contribution in [-0.2, 0) is 0 Å². The van der Waals surface area contributed by atoms with Gasteiger partial charge in [0.05, 0.1) is 0 Å². The first-order valence-corrected chi connectivity index (χ1v) is 3.03. The molecule has 0 aliphatic rings. The van der Waals surface area contributed by atoms with Crippen LogP contribution in [0.1, 0.15) is 12.0 Å². The van der Waals surface area contributed by atoms with Crippen molar-refractivity contribution in [1.29, 1.82) is 0 Å². The monoisotopic (exact) mass is 161 g/mol. The van der Waals surface area contributed by atoms with Crippen molar-refractivity contribution in [3.05, 3.63) is 34.9 Å². The van der Waals surface area contributed by atoms with E-state index in [1.165, 1.54) is 18.2 Å². The molecule has 1 aromatic carbocycles. The molecule has 1 aromatic rings. The summed E-state index contributed by atoms with van der Waals surface area (Å²) >= 11 is 5.42. The predicted octanol–water partition coefficient (Wildman–Crippen LogP) is 3.08. The molecule has 0 heterocycles. The van der Waals surface area contributed by atoms with E-state index in [9.17, 15) is 8.78 Å². The van der Waals surface area contributed by atoms with E-state index in [4.69, 9.17) is 11.6 Å². The van der Waals surface area contributed by atoms with E-state index in [1.54, 1.807) is 0 Å². The molecule has 0 saturated carbocycles. The SMILES string of the molecule is FC(F)c1c[c]ccc1Cl. The van der Waals surface area contributed by atoms with Crippen molar-refractivity contribution in [3.8, 4) is 0 Å². The van der Waals surface area contributed by atoms with E-state index in [0.717, 1.165) is 0 Å². The first kappa shape index (κ1) is 7.48. The summed E-state index contributed by atoms with van der Waals surface area (Å²) in [6.45, 7) is 0. The quantitative estimate of drug-likeness (QED) is 0.594. The molecule has 0 saturated heterocycles. The second kappa shape index (κ2) is 2.97. The van der Waals surface area contributed by atoms with Crippen LogP contribution in [0.3, 0.4) is 0 Å². The van der Waals surface area contributed by atoms with Crippen LogP contribution in [0.15, 0.2) is 18.2 Å². The van der Waals surface area contributed by atoms with E-state index in [0.29, 0.717) is 0 Å². The average molecular weight is 162 g/mol. The van der Waals surface area contributed by atoms with Gasteiger partial charge >= 0.3 is 0 Å². The van der Waals surface area contributed by atoms with Crippen LogP contribution in [0.2, 0.25) is 5.02 Å².